The molecule has 0 spiro atoms. The molecule has 5 nitrogen and oxygen atoms in total. The zero-order valence-electron chi connectivity index (χ0n) is 11.7. The summed E-state index contributed by atoms with van der Waals surface area (Å²) in [6.07, 6.45) is 2.03. The Balaban J connectivity index is 1.89. The predicted molar refractivity (Wildman–Crippen MR) is 79.6 cm³/mol. The third-order valence-electron chi connectivity index (χ3n) is 3.39. The monoisotopic (exact) mass is 275 g/mol. The molecule has 0 saturated carbocycles. The van der Waals surface area contributed by atoms with Gasteiger partial charge >= 0.3 is 0 Å². The van der Waals surface area contributed by atoms with Crippen LogP contribution in [0, 0.1) is 5.92 Å². The molecule has 20 heavy (non-hydrogen) atoms. The van der Waals surface area contributed by atoms with E-state index in [1.54, 1.807) is 13.0 Å². The number of nitrogens with one attached hydrogen (secondary N) is 3. The van der Waals surface area contributed by atoms with Crippen LogP contribution in [0.3, 0.4) is 0 Å². The van der Waals surface area contributed by atoms with Crippen LogP contribution < -0.4 is 16.0 Å². The molecular weight excluding hydrogens is 254 g/mol. The summed E-state index contributed by atoms with van der Waals surface area (Å²) in [6.45, 7) is 3.72. The number of hydrogen-bond acceptors (Lipinski definition) is 3. The normalized spacial score (nSPS) is 17.8. The van der Waals surface area contributed by atoms with Crippen LogP contribution in [0.5, 0.6) is 0 Å². The van der Waals surface area contributed by atoms with Crippen LogP contribution >= 0.6 is 0 Å². The van der Waals surface area contributed by atoms with E-state index in [2.05, 4.69) is 16.0 Å². The minimum absolute atomic E-state index is 0.0256. The van der Waals surface area contributed by atoms with Gasteiger partial charge in [-0.1, -0.05) is 13.0 Å². The Morgan fingerprint density at radius 3 is 2.55 bits per heavy atom. The van der Waals surface area contributed by atoms with Crippen LogP contribution in [-0.4, -0.2) is 24.9 Å². The highest BCUT2D eigenvalue weighted by Crippen LogP contribution is 2.17. The molecule has 1 aromatic rings. The quantitative estimate of drug-likeness (QED) is 0.769. The predicted octanol–water partition coefficient (Wildman–Crippen LogP) is 1.97. The van der Waals surface area contributed by atoms with Gasteiger partial charge in [-0.25, -0.2) is 0 Å². The lowest BCUT2D eigenvalue weighted by molar-refractivity contribution is -0.117. The molecule has 2 rings (SSSR count). The zero-order valence-corrected chi connectivity index (χ0v) is 11.7. The number of carbonyl (C=O) groups is 2. The standard InChI is InChI=1S/C15H21N3O2/c1-2-14(19)17-12-4-3-5-13(9-12)18-15(20)8-11-6-7-16-10-11/h3-5,9,11,16H,2,6-8,10H2,1H3,(H,17,19)(H,18,20). The van der Waals surface area contributed by atoms with Crippen molar-refractivity contribution in [3.63, 3.8) is 0 Å². The van der Waals surface area contributed by atoms with Gasteiger partial charge in [-0.15, -0.1) is 0 Å². The molecular formula is C15H21N3O2. The van der Waals surface area contributed by atoms with Crippen LogP contribution in [0.2, 0.25) is 0 Å². The maximum absolute atomic E-state index is 11.9. The molecule has 1 atom stereocenters. The summed E-state index contributed by atoms with van der Waals surface area (Å²) in [5.41, 5.74) is 1.42. The molecule has 3 N–H and O–H groups in total. The molecule has 1 saturated heterocycles. The van der Waals surface area contributed by atoms with Gasteiger partial charge in [-0.3, -0.25) is 9.59 Å². The van der Waals surface area contributed by atoms with Gasteiger partial charge in [0.15, 0.2) is 0 Å². The van der Waals surface area contributed by atoms with Crippen LogP contribution in [-0.2, 0) is 9.59 Å². The third kappa shape index (κ3) is 4.35. The molecule has 108 valence electrons. The number of benzene rings is 1. The number of carbonyl (C=O) groups excluding carboxylic acids is 2. The van der Waals surface area contributed by atoms with Crippen molar-refractivity contribution in [3.8, 4) is 0 Å². The molecule has 0 aromatic heterocycles. The van der Waals surface area contributed by atoms with E-state index in [0.717, 1.165) is 25.2 Å². The first-order valence-electron chi connectivity index (χ1n) is 7.08. The number of hydrogen-bond donors (Lipinski definition) is 3. The van der Waals surface area contributed by atoms with Crippen molar-refractivity contribution in [3.05, 3.63) is 24.3 Å². The summed E-state index contributed by atoms with van der Waals surface area (Å²) < 4.78 is 0. The Labute approximate surface area is 119 Å². The molecule has 1 aromatic carbocycles. The minimum atomic E-state index is -0.0366. The maximum atomic E-state index is 11.9. The van der Waals surface area contributed by atoms with E-state index in [0.29, 0.717) is 24.4 Å². The van der Waals surface area contributed by atoms with Gasteiger partial charge in [0.05, 0.1) is 0 Å². The second-order valence-corrected chi connectivity index (χ2v) is 5.09. The molecule has 0 radical (unpaired) electrons. The van der Waals surface area contributed by atoms with Gasteiger partial charge in [-0.2, -0.15) is 0 Å². The topological polar surface area (TPSA) is 70.2 Å². The van der Waals surface area contributed by atoms with Gasteiger partial charge in [0, 0.05) is 24.2 Å². The zero-order chi connectivity index (χ0) is 14.4. The van der Waals surface area contributed by atoms with Gasteiger partial charge < -0.3 is 16.0 Å². The maximum Gasteiger partial charge on any atom is 0.224 e. The van der Waals surface area contributed by atoms with Crippen LogP contribution in [0.15, 0.2) is 24.3 Å². The third-order valence-corrected chi connectivity index (χ3v) is 3.39. The molecule has 1 heterocycles. The van der Waals surface area contributed by atoms with Crippen molar-refractivity contribution in [2.75, 3.05) is 23.7 Å². The van der Waals surface area contributed by atoms with Gasteiger partial charge in [0.25, 0.3) is 0 Å². The average Bonchev–Trinajstić information content (AvgIpc) is 2.91. The van der Waals surface area contributed by atoms with Crippen molar-refractivity contribution in [2.45, 2.75) is 26.2 Å². The Bertz CT molecular complexity index is 482. The largest absolute Gasteiger partial charge is 0.326 e. The first-order chi connectivity index (χ1) is 9.67. The molecule has 1 aliphatic heterocycles. The van der Waals surface area contributed by atoms with Crippen LogP contribution in [0.4, 0.5) is 11.4 Å². The van der Waals surface area contributed by atoms with Gasteiger partial charge in [0.1, 0.15) is 0 Å². The lowest BCUT2D eigenvalue weighted by Crippen LogP contribution is -2.18. The SMILES string of the molecule is CCC(=O)Nc1cccc(NC(=O)CC2CCNC2)c1. The summed E-state index contributed by atoms with van der Waals surface area (Å²) in [5.74, 6) is 0.418. The summed E-state index contributed by atoms with van der Waals surface area (Å²) in [5, 5.41) is 8.91. The van der Waals surface area contributed by atoms with E-state index in [1.165, 1.54) is 0 Å². The molecule has 0 aliphatic carbocycles. The van der Waals surface area contributed by atoms with E-state index in [9.17, 15) is 9.59 Å². The fourth-order valence-electron chi connectivity index (χ4n) is 2.29. The van der Waals surface area contributed by atoms with E-state index in [4.69, 9.17) is 0 Å². The van der Waals surface area contributed by atoms with Crippen molar-refractivity contribution in [1.29, 1.82) is 0 Å². The summed E-state index contributed by atoms with van der Waals surface area (Å²) >= 11 is 0. The Hall–Kier alpha value is -1.88. The molecule has 1 unspecified atom stereocenters. The molecule has 5 heteroatoms. The Morgan fingerprint density at radius 1 is 1.25 bits per heavy atom. The highest BCUT2D eigenvalue weighted by molar-refractivity contribution is 5.94. The molecule has 1 fully saturated rings. The Morgan fingerprint density at radius 2 is 1.95 bits per heavy atom. The highest BCUT2D eigenvalue weighted by Gasteiger charge is 2.18. The molecule has 1 aliphatic rings. The van der Waals surface area contributed by atoms with E-state index in [1.807, 2.05) is 18.2 Å². The van der Waals surface area contributed by atoms with Crippen molar-refractivity contribution >= 4 is 23.2 Å². The molecule has 0 bridgehead atoms. The lowest BCUT2D eigenvalue weighted by atomic mass is 10.0. The van der Waals surface area contributed by atoms with Crippen LogP contribution in [0.25, 0.3) is 0 Å². The summed E-state index contributed by atoms with van der Waals surface area (Å²) in [7, 11) is 0. The summed E-state index contributed by atoms with van der Waals surface area (Å²) in [6, 6.07) is 7.23. The van der Waals surface area contributed by atoms with Crippen molar-refractivity contribution < 1.29 is 9.59 Å². The van der Waals surface area contributed by atoms with E-state index >= 15 is 0 Å². The smallest absolute Gasteiger partial charge is 0.224 e. The number of anilines is 2. The number of rotatable bonds is 5. The van der Waals surface area contributed by atoms with Crippen LogP contribution in [0.1, 0.15) is 26.2 Å². The van der Waals surface area contributed by atoms with Crippen molar-refractivity contribution in [1.82, 2.24) is 5.32 Å². The van der Waals surface area contributed by atoms with Gasteiger partial charge in [0.2, 0.25) is 11.8 Å². The Kier molecular flexibility index (Phi) is 5.12. The first kappa shape index (κ1) is 14.5. The van der Waals surface area contributed by atoms with E-state index < -0.39 is 0 Å². The second-order valence-electron chi connectivity index (χ2n) is 5.09. The second kappa shape index (κ2) is 7.05. The van der Waals surface area contributed by atoms with Crippen molar-refractivity contribution in [2.24, 2.45) is 5.92 Å². The lowest BCUT2D eigenvalue weighted by Gasteiger charge is -2.10. The van der Waals surface area contributed by atoms with E-state index in [-0.39, 0.29) is 11.8 Å². The minimum Gasteiger partial charge on any atom is -0.326 e. The fraction of sp³-hybridized carbons (Fsp3) is 0.467. The average molecular weight is 275 g/mol. The fourth-order valence-corrected chi connectivity index (χ4v) is 2.29. The van der Waals surface area contributed by atoms with Gasteiger partial charge in [-0.05, 0) is 43.6 Å². The molecule has 2 amide bonds. The first-order valence-corrected chi connectivity index (χ1v) is 7.08. The summed E-state index contributed by atoms with van der Waals surface area (Å²) in [4.78, 5) is 23.3. The number of amides is 2. The highest BCUT2D eigenvalue weighted by atomic mass is 16.2.